The highest BCUT2D eigenvalue weighted by atomic mass is 79.9. The maximum atomic E-state index is 12.5. The summed E-state index contributed by atoms with van der Waals surface area (Å²) in [5.41, 5.74) is 0.608. The van der Waals surface area contributed by atoms with E-state index in [2.05, 4.69) is 26.2 Å². The molecule has 106 valence electrons. The Hall–Kier alpha value is -1.63. The first-order chi connectivity index (χ1) is 9.58. The molecule has 1 aromatic rings. The number of amides is 3. The summed E-state index contributed by atoms with van der Waals surface area (Å²) in [6.45, 7) is 1.21. The van der Waals surface area contributed by atoms with Gasteiger partial charge in [-0.1, -0.05) is 0 Å². The number of pyridine rings is 1. The van der Waals surface area contributed by atoms with Crippen LogP contribution in [-0.4, -0.2) is 58.9 Å². The SMILES string of the molecule is CN1C(=O)N[C@@H]2CN(C(=O)c3ccncc3Br)CC[C@@H]21. The van der Waals surface area contributed by atoms with Crippen LogP contribution in [0.4, 0.5) is 4.79 Å². The predicted octanol–water partition coefficient (Wildman–Crippen LogP) is 1.08. The summed E-state index contributed by atoms with van der Waals surface area (Å²) in [5, 5.41) is 2.93. The molecule has 0 aliphatic carbocycles. The van der Waals surface area contributed by atoms with Gasteiger partial charge in [0.2, 0.25) is 0 Å². The van der Waals surface area contributed by atoms with E-state index in [1.807, 2.05) is 0 Å². The van der Waals surface area contributed by atoms with Crippen molar-refractivity contribution in [3.05, 3.63) is 28.5 Å². The quantitative estimate of drug-likeness (QED) is 0.833. The number of hydrogen-bond acceptors (Lipinski definition) is 3. The summed E-state index contributed by atoms with van der Waals surface area (Å²) in [5.74, 6) is -0.0264. The largest absolute Gasteiger partial charge is 0.336 e. The molecule has 2 saturated heterocycles. The van der Waals surface area contributed by atoms with E-state index in [-0.39, 0.29) is 24.0 Å². The van der Waals surface area contributed by atoms with Crippen LogP contribution >= 0.6 is 15.9 Å². The molecule has 0 spiro atoms. The highest BCUT2D eigenvalue weighted by molar-refractivity contribution is 9.10. The molecule has 2 aliphatic rings. The van der Waals surface area contributed by atoms with E-state index in [4.69, 9.17) is 0 Å². The minimum absolute atomic E-state index is 0.0193. The number of fused-ring (bicyclic) bond motifs is 1. The van der Waals surface area contributed by atoms with Crippen LogP contribution in [0.2, 0.25) is 0 Å². The average molecular weight is 339 g/mol. The van der Waals surface area contributed by atoms with E-state index < -0.39 is 0 Å². The van der Waals surface area contributed by atoms with E-state index >= 15 is 0 Å². The third kappa shape index (κ3) is 2.15. The number of nitrogens with one attached hydrogen (secondary N) is 1. The molecule has 3 amide bonds. The van der Waals surface area contributed by atoms with Crippen molar-refractivity contribution in [2.24, 2.45) is 0 Å². The highest BCUT2D eigenvalue weighted by Crippen LogP contribution is 2.24. The summed E-state index contributed by atoms with van der Waals surface area (Å²) >= 11 is 3.35. The summed E-state index contributed by atoms with van der Waals surface area (Å²) in [4.78, 5) is 31.6. The number of carbonyl (C=O) groups is 2. The second kappa shape index (κ2) is 5.05. The van der Waals surface area contributed by atoms with Gasteiger partial charge in [0.05, 0.1) is 17.6 Å². The maximum Gasteiger partial charge on any atom is 0.317 e. The number of piperidine rings is 1. The Labute approximate surface area is 125 Å². The number of likely N-dealkylation sites (N-methyl/N-ethyl adjacent to an activating group) is 1. The fraction of sp³-hybridized carbons (Fsp3) is 0.462. The lowest BCUT2D eigenvalue weighted by Gasteiger charge is -2.35. The number of carbonyl (C=O) groups excluding carboxylic acids is 2. The average Bonchev–Trinajstić information content (AvgIpc) is 2.73. The van der Waals surface area contributed by atoms with E-state index in [9.17, 15) is 9.59 Å². The monoisotopic (exact) mass is 338 g/mol. The number of nitrogens with zero attached hydrogens (tertiary/aromatic N) is 3. The number of rotatable bonds is 1. The van der Waals surface area contributed by atoms with Gasteiger partial charge in [-0.15, -0.1) is 0 Å². The molecule has 1 N–H and O–H groups in total. The Balaban J connectivity index is 1.76. The predicted molar refractivity (Wildman–Crippen MR) is 76.3 cm³/mol. The number of urea groups is 1. The number of halogens is 1. The lowest BCUT2D eigenvalue weighted by molar-refractivity contribution is 0.0665. The number of likely N-dealkylation sites (tertiary alicyclic amines) is 1. The molecule has 1 aromatic heterocycles. The zero-order valence-electron chi connectivity index (χ0n) is 11.0. The smallest absolute Gasteiger partial charge is 0.317 e. The Morgan fingerprint density at radius 3 is 3.10 bits per heavy atom. The van der Waals surface area contributed by atoms with Gasteiger partial charge in [0.15, 0.2) is 0 Å². The molecule has 2 aliphatic heterocycles. The third-order valence-corrected chi connectivity index (χ3v) is 4.63. The molecular formula is C13H15BrN4O2. The lowest BCUT2D eigenvalue weighted by atomic mass is 9.99. The Morgan fingerprint density at radius 1 is 1.55 bits per heavy atom. The molecule has 0 aromatic carbocycles. The van der Waals surface area contributed by atoms with Crippen LogP contribution in [0.5, 0.6) is 0 Å². The van der Waals surface area contributed by atoms with Crippen molar-refractivity contribution < 1.29 is 9.59 Å². The van der Waals surface area contributed by atoms with Crippen molar-refractivity contribution in [1.29, 1.82) is 0 Å². The van der Waals surface area contributed by atoms with E-state index in [1.54, 1.807) is 35.3 Å². The van der Waals surface area contributed by atoms with Crippen LogP contribution in [-0.2, 0) is 0 Å². The molecule has 2 fully saturated rings. The highest BCUT2D eigenvalue weighted by Gasteiger charge is 2.41. The van der Waals surface area contributed by atoms with Gasteiger partial charge in [-0.25, -0.2) is 4.79 Å². The zero-order chi connectivity index (χ0) is 14.3. The van der Waals surface area contributed by atoms with E-state index in [1.165, 1.54) is 0 Å². The first kappa shape index (κ1) is 13.4. The maximum absolute atomic E-state index is 12.5. The van der Waals surface area contributed by atoms with Gasteiger partial charge < -0.3 is 15.1 Å². The summed E-state index contributed by atoms with van der Waals surface area (Å²) < 4.78 is 0.694. The topological polar surface area (TPSA) is 65.5 Å². The molecule has 0 saturated carbocycles. The van der Waals surface area contributed by atoms with Crippen molar-refractivity contribution in [2.45, 2.75) is 18.5 Å². The Kier molecular flexibility index (Phi) is 3.37. The normalized spacial score (nSPS) is 25.4. The van der Waals surface area contributed by atoms with Gasteiger partial charge in [0.1, 0.15) is 0 Å². The van der Waals surface area contributed by atoms with Crippen LogP contribution in [0.25, 0.3) is 0 Å². The molecule has 20 heavy (non-hydrogen) atoms. The van der Waals surface area contributed by atoms with Crippen molar-refractivity contribution in [1.82, 2.24) is 20.1 Å². The van der Waals surface area contributed by atoms with Crippen LogP contribution in [0.15, 0.2) is 22.9 Å². The fourth-order valence-corrected chi connectivity index (χ4v) is 3.28. The summed E-state index contributed by atoms with van der Waals surface area (Å²) in [7, 11) is 1.80. The van der Waals surface area contributed by atoms with Gasteiger partial charge in [0.25, 0.3) is 5.91 Å². The number of hydrogen-bond donors (Lipinski definition) is 1. The fourth-order valence-electron chi connectivity index (χ4n) is 2.86. The van der Waals surface area contributed by atoms with E-state index in [0.29, 0.717) is 23.1 Å². The van der Waals surface area contributed by atoms with Gasteiger partial charge in [-0.2, -0.15) is 0 Å². The molecule has 0 bridgehead atoms. The Morgan fingerprint density at radius 2 is 2.35 bits per heavy atom. The van der Waals surface area contributed by atoms with Gasteiger partial charge in [0, 0.05) is 37.0 Å². The van der Waals surface area contributed by atoms with Crippen molar-refractivity contribution in [2.75, 3.05) is 20.1 Å². The molecule has 0 unspecified atom stereocenters. The first-order valence-electron chi connectivity index (χ1n) is 6.50. The second-order valence-electron chi connectivity index (χ2n) is 5.13. The standard InChI is InChI=1S/C13H15BrN4O2/c1-17-11-3-5-18(7-10(11)16-13(17)20)12(19)8-2-4-15-6-9(8)14/h2,4,6,10-11H,3,5,7H2,1H3,(H,16,20)/t10-,11+/m1/s1. The van der Waals surface area contributed by atoms with Crippen LogP contribution in [0.3, 0.4) is 0 Å². The van der Waals surface area contributed by atoms with Crippen molar-refractivity contribution in [3.63, 3.8) is 0 Å². The van der Waals surface area contributed by atoms with Gasteiger partial charge >= 0.3 is 6.03 Å². The third-order valence-electron chi connectivity index (χ3n) is 3.99. The molecule has 0 radical (unpaired) electrons. The molecular weight excluding hydrogens is 324 g/mol. The zero-order valence-corrected chi connectivity index (χ0v) is 12.6. The van der Waals surface area contributed by atoms with Crippen molar-refractivity contribution >= 4 is 27.9 Å². The van der Waals surface area contributed by atoms with Gasteiger partial charge in [-0.05, 0) is 28.4 Å². The lowest BCUT2D eigenvalue weighted by Crippen LogP contribution is -2.52. The van der Waals surface area contributed by atoms with Crippen LogP contribution < -0.4 is 5.32 Å². The summed E-state index contributed by atoms with van der Waals surface area (Å²) in [6, 6.07) is 1.86. The van der Waals surface area contributed by atoms with Gasteiger partial charge in [-0.3, -0.25) is 9.78 Å². The Bertz CT molecular complexity index is 565. The van der Waals surface area contributed by atoms with Crippen molar-refractivity contribution in [3.8, 4) is 0 Å². The minimum atomic E-state index is -0.0561. The number of aromatic nitrogens is 1. The van der Waals surface area contributed by atoms with Crippen LogP contribution in [0.1, 0.15) is 16.8 Å². The molecule has 6 nitrogen and oxygen atoms in total. The molecule has 7 heteroatoms. The second-order valence-corrected chi connectivity index (χ2v) is 5.98. The summed E-state index contributed by atoms with van der Waals surface area (Å²) in [6.07, 6.45) is 4.02. The molecule has 2 atom stereocenters. The minimum Gasteiger partial charge on any atom is -0.336 e. The van der Waals surface area contributed by atoms with Crippen LogP contribution in [0, 0.1) is 0 Å². The molecule has 3 heterocycles. The molecule has 3 rings (SSSR count). The van der Waals surface area contributed by atoms with E-state index in [0.717, 1.165) is 6.42 Å². The first-order valence-corrected chi connectivity index (χ1v) is 7.29.